The van der Waals surface area contributed by atoms with E-state index in [1.54, 1.807) is 0 Å². The van der Waals surface area contributed by atoms with Crippen LogP contribution in [-0.4, -0.2) is 6.54 Å². The molecule has 96 valence electrons. The summed E-state index contributed by atoms with van der Waals surface area (Å²) in [6.45, 7) is 15.5. The van der Waals surface area contributed by atoms with Gasteiger partial charge in [0.05, 0.1) is 0 Å². The fourth-order valence-electron chi connectivity index (χ4n) is 1.87. The van der Waals surface area contributed by atoms with Crippen molar-refractivity contribution in [3.05, 3.63) is 34.4 Å². The maximum absolute atomic E-state index is 3.58. The third-order valence-corrected chi connectivity index (χ3v) is 3.83. The molecule has 1 nitrogen and oxygen atoms in total. The Morgan fingerprint density at radius 3 is 2.18 bits per heavy atom. The molecule has 0 atom stereocenters. The lowest BCUT2D eigenvalue weighted by Gasteiger charge is -2.23. The van der Waals surface area contributed by atoms with Gasteiger partial charge in [0, 0.05) is 13.1 Å². The van der Waals surface area contributed by atoms with Gasteiger partial charge in [-0.25, -0.2) is 0 Å². The van der Waals surface area contributed by atoms with E-state index in [9.17, 15) is 0 Å². The van der Waals surface area contributed by atoms with Crippen molar-refractivity contribution in [1.82, 2.24) is 5.32 Å². The van der Waals surface area contributed by atoms with Gasteiger partial charge in [0.2, 0.25) is 0 Å². The van der Waals surface area contributed by atoms with Crippen molar-refractivity contribution in [2.75, 3.05) is 6.54 Å². The van der Waals surface area contributed by atoms with Gasteiger partial charge in [0.15, 0.2) is 0 Å². The smallest absolute Gasteiger partial charge is 0.0208 e. The van der Waals surface area contributed by atoms with Crippen molar-refractivity contribution >= 4 is 0 Å². The van der Waals surface area contributed by atoms with E-state index in [1.807, 2.05) is 0 Å². The monoisotopic (exact) mass is 233 g/mol. The van der Waals surface area contributed by atoms with Gasteiger partial charge in [0.25, 0.3) is 0 Å². The normalized spacial score (nSPS) is 11.9. The second-order valence-corrected chi connectivity index (χ2v) is 5.98. The van der Waals surface area contributed by atoms with Crippen LogP contribution in [-0.2, 0) is 6.54 Å². The summed E-state index contributed by atoms with van der Waals surface area (Å²) in [5.74, 6) is 0. The van der Waals surface area contributed by atoms with Crippen LogP contribution in [0.1, 0.15) is 49.4 Å². The highest BCUT2D eigenvalue weighted by atomic mass is 14.9. The van der Waals surface area contributed by atoms with Crippen LogP contribution in [0.25, 0.3) is 0 Å². The van der Waals surface area contributed by atoms with Gasteiger partial charge in [-0.2, -0.15) is 0 Å². The SMILES string of the molecule is CCC(C)(C)CNCc1cc(C)c(C)cc1C. The summed E-state index contributed by atoms with van der Waals surface area (Å²) in [6.07, 6.45) is 1.21. The highest BCUT2D eigenvalue weighted by molar-refractivity contribution is 5.36. The van der Waals surface area contributed by atoms with Gasteiger partial charge in [-0.1, -0.05) is 32.9 Å². The van der Waals surface area contributed by atoms with E-state index in [2.05, 4.69) is 59.0 Å². The average molecular weight is 233 g/mol. The molecule has 0 aliphatic heterocycles. The number of aryl methyl sites for hydroxylation is 3. The van der Waals surface area contributed by atoms with Gasteiger partial charge in [-0.3, -0.25) is 0 Å². The molecular formula is C16H27N. The fourth-order valence-corrected chi connectivity index (χ4v) is 1.87. The van der Waals surface area contributed by atoms with E-state index >= 15 is 0 Å². The Balaban J connectivity index is 2.61. The van der Waals surface area contributed by atoms with Crippen LogP contribution in [0, 0.1) is 26.2 Å². The van der Waals surface area contributed by atoms with Crippen molar-refractivity contribution < 1.29 is 0 Å². The molecule has 0 aliphatic carbocycles. The van der Waals surface area contributed by atoms with Crippen LogP contribution < -0.4 is 5.32 Å². The third-order valence-electron chi connectivity index (χ3n) is 3.83. The topological polar surface area (TPSA) is 12.0 Å². The second kappa shape index (κ2) is 5.68. The van der Waals surface area contributed by atoms with Crippen molar-refractivity contribution in [3.8, 4) is 0 Å². The Morgan fingerprint density at radius 2 is 1.59 bits per heavy atom. The molecule has 1 aromatic rings. The molecule has 0 amide bonds. The summed E-state index contributed by atoms with van der Waals surface area (Å²) in [6, 6.07) is 4.61. The minimum absolute atomic E-state index is 0.396. The van der Waals surface area contributed by atoms with Gasteiger partial charge in [-0.05, 0) is 54.9 Å². The molecule has 1 heteroatoms. The van der Waals surface area contributed by atoms with Crippen LogP contribution in [0.3, 0.4) is 0 Å². The molecule has 0 fully saturated rings. The zero-order chi connectivity index (χ0) is 13.1. The van der Waals surface area contributed by atoms with E-state index < -0.39 is 0 Å². The third kappa shape index (κ3) is 4.16. The first-order valence-corrected chi connectivity index (χ1v) is 6.63. The van der Waals surface area contributed by atoms with Crippen molar-refractivity contribution in [3.63, 3.8) is 0 Å². The predicted molar refractivity (Wildman–Crippen MR) is 76.4 cm³/mol. The number of hydrogen-bond donors (Lipinski definition) is 1. The summed E-state index contributed by atoms with van der Waals surface area (Å²) < 4.78 is 0. The minimum atomic E-state index is 0.396. The Kier molecular flexibility index (Phi) is 4.76. The average Bonchev–Trinajstić information content (AvgIpc) is 2.25. The van der Waals surface area contributed by atoms with E-state index in [-0.39, 0.29) is 0 Å². The molecule has 0 unspecified atom stereocenters. The lowest BCUT2D eigenvalue weighted by molar-refractivity contribution is 0.327. The minimum Gasteiger partial charge on any atom is -0.312 e. The maximum atomic E-state index is 3.58. The number of hydrogen-bond acceptors (Lipinski definition) is 1. The molecule has 0 aromatic heterocycles. The summed E-state index contributed by atoms with van der Waals surface area (Å²) in [7, 11) is 0. The zero-order valence-electron chi connectivity index (χ0n) is 12.3. The van der Waals surface area contributed by atoms with Gasteiger partial charge >= 0.3 is 0 Å². The summed E-state index contributed by atoms with van der Waals surface area (Å²) in [4.78, 5) is 0. The molecule has 1 aromatic carbocycles. The standard InChI is InChI=1S/C16H27N/c1-7-16(5,6)11-17-10-15-9-13(3)12(2)8-14(15)4/h8-9,17H,7,10-11H2,1-6H3. The molecule has 1 N–H and O–H groups in total. The predicted octanol–water partition coefficient (Wildman–Crippen LogP) is 4.14. The fraction of sp³-hybridized carbons (Fsp3) is 0.625. The van der Waals surface area contributed by atoms with E-state index in [0.29, 0.717) is 5.41 Å². The van der Waals surface area contributed by atoms with Crippen LogP contribution in [0.5, 0.6) is 0 Å². The van der Waals surface area contributed by atoms with E-state index in [1.165, 1.54) is 28.7 Å². The van der Waals surface area contributed by atoms with Gasteiger partial charge in [0.1, 0.15) is 0 Å². The lowest BCUT2D eigenvalue weighted by Crippen LogP contribution is -2.28. The number of benzene rings is 1. The van der Waals surface area contributed by atoms with E-state index in [0.717, 1.165) is 13.1 Å². The molecule has 0 saturated heterocycles. The summed E-state index contributed by atoms with van der Waals surface area (Å²) >= 11 is 0. The van der Waals surface area contributed by atoms with Gasteiger partial charge < -0.3 is 5.32 Å². The number of rotatable bonds is 5. The van der Waals surface area contributed by atoms with Crippen molar-refractivity contribution in [2.45, 2.75) is 54.5 Å². The Labute approximate surface area is 107 Å². The zero-order valence-corrected chi connectivity index (χ0v) is 12.3. The summed E-state index contributed by atoms with van der Waals surface area (Å²) in [5, 5.41) is 3.58. The molecule has 17 heavy (non-hydrogen) atoms. The van der Waals surface area contributed by atoms with Crippen LogP contribution in [0.2, 0.25) is 0 Å². The number of nitrogens with one attached hydrogen (secondary N) is 1. The Morgan fingerprint density at radius 1 is 1.00 bits per heavy atom. The van der Waals surface area contributed by atoms with E-state index in [4.69, 9.17) is 0 Å². The Hall–Kier alpha value is -0.820. The van der Waals surface area contributed by atoms with Crippen LogP contribution >= 0.6 is 0 Å². The van der Waals surface area contributed by atoms with Crippen LogP contribution in [0.15, 0.2) is 12.1 Å². The molecular weight excluding hydrogens is 206 g/mol. The Bertz CT molecular complexity index is 377. The molecule has 0 bridgehead atoms. The maximum Gasteiger partial charge on any atom is 0.0208 e. The molecule has 0 radical (unpaired) electrons. The first-order chi connectivity index (χ1) is 7.85. The quantitative estimate of drug-likeness (QED) is 0.806. The molecule has 0 saturated carbocycles. The largest absolute Gasteiger partial charge is 0.312 e. The summed E-state index contributed by atoms with van der Waals surface area (Å²) in [5.41, 5.74) is 6.00. The first-order valence-electron chi connectivity index (χ1n) is 6.63. The molecule has 0 aliphatic rings. The second-order valence-electron chi connectivity index (χ2n) is 5.98. The lowest BCUT2D eigenvalue weighted by atomic mass is 9.90. The first kappa shape index (κ1) is 14.2. The highest BCUT2D eigenvalue weighted by Gasteiger charge is 2.14. The molecule has 1 rings (SSSR count). The molecule has 0 heterocycles. The molecule has 0 spiro atoms. The highest BCUT2D eigenvalue weighted by Crippen LogP contribution is 2.19. The van der Waals surface area contributed by atoms with Crippen molar-refractivity contribution in [1.29, 1.82) is 0 Å². The van der Waals surface area contributed by atoms with Crippen molar-refractivity contribution in [2.24, 2.45) is 5.41 Å². The van der Waals surface area contributed by atoms with Crippen LogP contribution in [0.4, 0.5) is 0 Å². The van der Waals surface area contributed by atoms with Gasteiger partial charge in [-0.15, -0.1) is 0 Å².